The van der Waals surface area contributed by atoms with Gasteiger partial charge < -0.3 is 19.4 Å². The van der Waals surface area contributed by atoms with Crippen molar-refractivity contribution in [2.24, 2.45) is 5.92 Å². The number of nitro groups is 1. The number of carbonyl (C=O) groups is 1. The van der Waals surface area contributed by atoms with Gasteiger partial charge in [-0.3, -0.25) is 10.1 Å². The highest BCUT2D eigenvalue weighted by molar-refractivity contribution is 5.78. The van der Waals surface area contributed by atoms with Gasteiger partial charge >= 0.3 is 6.09 Å². The summed E-state index contributed by atoms with van der Waals surface area (Å²) in [5.41, 5.74) is 0.697. The van der Waals surface area contributed by atoms with E-state index in [1.807, 2.05) is 20.8 Å². The minimum atomic E-state index is -0.497. The number of imidazole rings is 1. The molecule has 3 rings (SSSR count). The first-order chi connectivity index (χ1) is 13.2. The van der Waals surface area contributed by atoms with Gasteiger partial charge in [0.15, 0.2) is 0 Å². The maximum absolute atomic E-state index is 12.2. The molecule has 0 saturated carbocycles. The van der Waals surface area contributed by atoms with Crippen molar-refractivity contribution >= 4 is 22.8 Å². The van der Waals surface area contributed by atoms with Gasteiger partial charge in [0.1, 0.15) is 5.60 Å². The average molecular weight is 390 g/mol. The molecular formula is C19H26N4O5. The van der Waals surface area contributed by atoms with Crippen LogP contribution in [0.15, 0.2) is 18.2 Å². The van der Waals surface area contributed by atoms with Crippen LogP contribution in [-0.2, 0) is 4.74 Å². The van der Waals surface area contributed by atoms with E-state index in [9.17, 15) is 14.9 Å². The van der Waals surface area contributed by atoms with E-state index in [4.69, 9.17) is 9.47 Å². The number of benzene rings is 1. The van der Waals surface area contributed by atoms with E-state index < -0.39 is 10.5 Å². The Bertz CT molecular complexity index is 858. The Kier molecular flexibility index (Phi) is 5.71. The van der Waals surface area contributed by atoms with Gasteiger partial charge in [0, 0.05) is 25.2 Å². The number of hydrogen-bond donors (Lipinski definition) is 1. The normalized spacial score (nSPS) is 17.5. The minimum Gasteiger partial charge on any atom is -0.465 e. The lowest BCUT2D eigenvalue weighted by Gasteiger charge is -2.34. The summed E-state index contributed by atoms with van der Waals surface area (Å²) < 4.78 is 11.2. The number of rotatable bonds is 5. The van der Waals surface area contributed by atoms with Gasteiger partial charge in [0.05, 0.1) is 22.6 Å². The van der Waals surface area contributed by atoms with Crippen LogP contribution in [0, 0.1) is 16.0 Å². The summed E-state index contributed by atoms with van der Waals surface area (Å²) in [7, 11) is 0. The van der Waals surface area contributed by atoms with Gasteiger partial charge in [-0.05, 0) is 52.0 Å². The molecule has 1 amide bonds. The molecule has 9 nitrogen and oxygen atoms in total. The number of ether oxygens (including phenoxy) is 2. The number of hydrogen-bond acceptors (Lipinski definition) is 6. The third-order valence-electron chi connectivity index (χ3n) is 4.59. The summed E-state index contributed by atoms with van der Waals surface area (Å²) in [6.07, 6.45) is 2.50. The summed E-state index contributed by atoms with van der Waals surface area (Å²) in [4.78, 5) is 31.7. The van der Waals surface area contributed by atoms with E-state index in [-0.39, 0.29) is 11.8 Å². The molecule has 28 heavy (non-hydrogen) atoms. The monoisotopic (exact) mass is 390 g/mol. The van der Waals surface area contributed by atoms with Crippen molar-refractivity contribution in [3.63, 3.8) is 0 Å². The molecule has 1 atom stereocenters. The first-order valence-electron chi connectivity index (χ1n) is 9.46. The zero-order chi connectivity index (χ0) is 20.3. The second-order valence-corrected chi connectivity index (χ2v) is 8.07. The molecule has 1 fully saturated rings. The lowest BCUT2D eigenvalue weighted by atomic mass is 9.95. The molecule has 2 aromatic rings. The van der Waals surface area contributed by atoms with Crippen LogP contribution >= 0.6 is 0 Å². The van der Waals surface area contributed by atoms with Gasteiger partial charge in [0.2, 0.25) is 0 Å². The number of aromatic nitrogens is 2. The molecule has 1 aromatic carbocycles. The van der Waals surface area contributed by atoms with Gasteiger partial charge in [-0.2, -0.15) is 4.98 Å². The van der Waals surface area contributed by atoms with Crippen LogP contribution in [0.4, 0.5) is 10.5 Å². The standard InChI is InChI=1S/C19H26N4O5/c1-19(2,3)28-18(24)22-9-4-5-13(12-22)8-10-27-17-20-15-7-6-14(23(25)26)11-16(15)21-17/h6-7,11,13H,4-5,8-10,12H2,1-3H3,(H,20,21)/t13-/m1/s1. The number of piperidine rings is 1. The number of nitrogens with one attached hydrogen (secondary N) is 1. The summed E-state index contributed by atoms with van der Waals surface area (Å²) in [6, 6.07) is 4.79. The van der Waals surface area contributed by atoms with Crippen molar-refractivity contribution in [2.45, 2.75) is 45.6 Å². The van der Waals surface area contributed by atoms with E-state index in [1.54, 1.807) is 11.0 Å². The Labute approximate surface area is 163 Å². The fraction of sp³-hybridized carbons (Fsp3) is 0.579. The largest absolute Gasteiger partial charge is 0.465 e. The smallest absolute Gasteiger partial charge is 0.410 e. The zero-order valence-corrected chi connectivity index (χ0v) is 16.4. The van der Waals surface area contributed by atoms with Gasteiger partial charge in [-0.1, -0.05) is 0 Å². The lowest BCUT2D eigenvalue weighted by Crippen LogP contribution is -2.43. The molecule has 1 aliphatic rings. The van der Waals surface area contributed by atoms with E-state index >= 15 is 0 Å². The molecule has 1 N–H and O–H groups in total. The highest BCUT2D eigenvalue weighted by Crippen LogP contribution is 2.24. The summed E-state index contributed by atoms with van der Waals surface area (Å²) in [6.45, 7) is 7.42. The number of nitro benzene ring substituents is 1. The van der Waals surface area contributed by atoms with Crippen LogP contribution in [0.25, 0.3) is 11.0 Å². The molecule has 0 radical (unpaired) electrons. The third kappa shape index (κ3) is 5.11. The number of fused-ring (bicyclic) bond motifs is 1. The Morgan fingerprint density at radius 1 is 1.43 bits per heavy atom. The van der Waals surface area contributed by atoms with Crippen LogP contribution in [0.2, 0.25) is 0 Å². The van der Waals surface area contributed by atoms with Crippen molar-refractivity contribution in [1.82, 2.24) is 14.9 Å². The predicted octanol–water partition coefficient (Wildman–Crippen LogP) is 3.89. The van der Waals surface area contributed by atoms with E-state index in [2.05, 4.69) is 9.97 Å². The van der Waals surface area contributed by atoms with Gasteiger partial charge in [-0.25, -0.2) is 4.79 Å². The van der Waals surface area contributed by atoms with Crippen molar-refractivity contribution in [2.75, 3.05) is 19.7 Å². The lowest BCUT2D eigenvalue weighted by molar-refractivity contribution is -0.384. The molecule has 2 heterocycles. The Morgan fingerprint density at radius 2 is 2.21 bits per heavy atom. The summed E-state index contributed by atoms with van der Waals surface area (Å²) >= 11 is 0. The number of aromatic amines is 1. The first kappa shape index (κ1) is 19.9. The van der Waals surface area contributed by atoms with E-state index in [1.165, 1.54) is 12.1 Å². The molecular weight excluding hydrogens is 364 g/mol. The Hall–Kier alpha value is -2.84. The quantitative estimate of drug-likeness (QED) is 0.612. The molecule has 1 aliphatic heterocycles. The van der Waals surface area contributed by atoms with Crippen LogP contribution in [0.5, 0.6) is 6.01 Å². The second-order valence-electron chi connectivity index (χ2n) is 8.07. The van der Waals surface area contributed by atoms with Crippen molar-refractivity contribution in [1.29, 1.82) is 0 Å². The predicted molar refractivity (Wildman–Crippen MR) is 103 cm³/mol. The third-order valence-corrected chi connectivity index (χ3v) is 4.59. The zero-order valence-electron chi connectivity index (χ0n) is 16.4. The van der Waals surface area contributed by atoms with Crippen molar-refractivity contribution in [3.8, 4) is 6.01 Å². The first-order valence-corrected chi connectivity index (χ1v) is 9.46. The molecule has 9 heteroatoms. The topological polar surface area (TPSA) is 111 Å². The second kappa shape index (κ2) is 8.04. The van der Waals surface area contributed by atoms with Gasteiger partial charge in [0.25, 0.3) is 11.7 Å². The number of nitrogens with zero attached hydrogens (tertiary/aromatic N) is 3. The van der Waals surface area contributed by atoms with Crippen LogP contribution in [0.3, 0.4) is 0 Å². The molecule has 1 saturated heterocycles. The number of amides is 1. The Morgan fingerprint density at radius 3 is 2.93 bits per heavy atom. The van der Waals surface area contributed by atoms with E-state index in [0.29, 0.717) is 42.7 Å². The maximum Gasteiger partial charge on any atom is 0.410 e. The molecule has 0 bridgehead atoms. The van der Waals surface area contributed by atoms with Crippen LogP contribution in [0.1, 0.15) is 40.0 Å². The van der Waals surface area contributed by atoms with Gasteiger partial charge in [-0.15, -0.1) is 0 Å². The molecule has 152 valence electrons. The van der Waals surface area contributed by atoms with Crippen molar-refractivity contribution in [3.05, 3.63) is 28.3 Å². The van der Waals surface area contributed by atoms with Crippen LogP contribution in [-0.4, -0.2) is 51.2 Å². The van der Waals surface area contributed by atoms with E-state index in [0.717, 1.165) is 19.3 Å². The van der Waals surface area contributed by atoms with Crippen molar-refractivity contribution < 1.29 is 19.2 Å². The van der Waals surface area contributed by atoms with Crippen LogP contribution < -0.4 is 4.74 Å². The molecule has 0 spiro atoms. The Balaban J connectivity index is 1.51. The number of H-pyrrole nitrogens is 1. The minimum absolute atomic E-state index is 0.00661. The highest BCUT2D eigenvalue weighted by Gasteiger charge is 2.27. The summed E-state index contributed by atoms with van der Waals surface area (Å²) in [5.74, 6) is 0.340. The number of non-ortho nitro benzene ring substituents is 1. The molecule has 0 aliphatic carbocycles. The summed E-state index contributed by atoms with van der Waals surface area (Å²) in [5, 5.41) is 10.9. The SMILES string of the molecule is CC(C)(C)OC(=O)N1CCC[C@H](CCOc2nc3ccc([N+](=O)[O-])cc3[nH]2)C1. The highest BCUT2D eigenvalue weighted by atomic mass is 16.6. The number of carbonyl (C=O) groups excluding carboxylic acids is 1. The molecule has 1 aromatic heterocycles. The maximum atomic E-state index is 12.2. The molecule has 0 unspecified atom stereocenters. The fourth-order valence-electron chi connectivity index (χ4n) is 3.27. The fourth-order valence-corrected chi connectivity index (χ4v) is 3.27. The number of likely N-dealkylation sites (tertiary alicyclic amines) is 1. The average Bonchev–Trinajstić information content (AvgIpc) is 3.02.